The molecule has 2 rings (SSSR count). The number of benzene rings is 2. The zero-order valence-corrected chi connectivity index (χ0v) is 14.2. The standard InChI is InChI=1S/C14H16O3S.Na/c1-10(2)9-12-8-7-11-5-3-4-6-13(11)14(12)18(15,16)17;/h3-8,10H,9H2,1-2H3,(H,15,16,17);. The van der Waals surface area contributed by atoms with Crippen molar-refractivity contribution in [3.63, 3.8) is 0 Å². The van der Waals surface area contributed by atoms with Crippen molar-refractivity contribution in [3.8, 4) is 0 Å². The molecule has 0 spiro atoms. The Morgan fingerprint density at radius 3 is 2.32 bits per heavy atom. The molecule has 0 amide bonds. The molecule has 1 radical (unpaired) electrons. The number of hydrogen-bond donors (Lipinski definition) is 1. The molecule has 1 N–H and O–H groups in total. The van der Waals surface area contributed by atoms with Gasteiger partial charge in [0.1, 0.15) is 4.90 Å². The molecular formula is C14H16NaO3S. The predicted octanol–water partition coefficient (Wildman–Crippen LogP) is 2.90. The molecule has 0 bridgehead atoms. The van der Waals surface area contributed by atoms with Crippen LogP contribution in [0.15, 0.2) is 41.3 Å². The van der Waals surface area contributed by atoms with E-state index in [-0.39, 0.29) is 34.5 Å². The molecule has 0 heterocycles. The maximum Gasteiger partial charge on any atom is 0.295 e. The maximum atomic E-state index is 11.6. The summed E-state index contributed by atoms with van der Waals surface area (Å²) in [6.07, 6.45) is 0.625. The van der Waals surface area contributed by atoms with Gasteiger partial charge < -0.3 is 0 Å². The van der Waals surface area contributed by atoms with E-state index in [1.807, 2.05) is 32.0 Å². The van der Waals surface area contributed by atoms with E-state index in [1.165, 1.54) is 0 Å². The Hall–Kier alpha value is -0.390. The van der Waals surface area contributed by atoms with Crippen LogP contribution in [0.5, 0.6) is 0 Å². The van der Waals surface area contributed by atoms with Gasteiger partial charge in [-0.1, -0.05) is 50.2 Å². The summed E-state index contributed by atoms with van der Waals surface area (Å²) in [5.74, 6) is 0.326. The largest absolute Gasteiger partial charge is 0.295 e. The molecule has 19 heavy (non-hydrogen) atoms. The number of hydrogen-bond acceptors (Lipinski definition) is 2. The zero-order chi connectivity index (χ0) is 13.3. The molecule has 0 aromatic heterocycles. The van der Waals surface area contributed by atoms with Crippen LogP contribution in [-0.2, 0) is 16.5 Å². The van der Waals surface area contributed by atoms with Crippen LogP contribution in [0, 0.1) is 5.92 Å². The van der Waals surface area contributed by atoms with Crippen LogP contribution in [0.4, 0.5) is 0 Å². The Morgan fingerprint density at radius 2 is 1.74 bits per heavy atom. The summed E-state index contributed by atoms with van der Waals surface area (Å²) in [5.41, 5.74) is 0.672. The second-order valence-corrected chi connectivity index (χ2v) is 6.21. The van der Waals surface area contributed by atoms with Gasteiger partial charge in [0.05, 0.1) is 0 Å². The molecule has 2 aromatic carbocycles. The van der Waals surface area contributed by atoms with Crippen molar-refractivity contribution < 1.29 is 13.0 Å². The first-order chi connectivity index (χ1) is 8.39. The van der Waals surface area contributed by atoms with Crippen molar-refractivity contribution in [2.24, 2.45) is 5.92 Å². The molecule has 2 aromatic rings. The fourth-order valence-electron chi connectivity index (χ4n) is 2.19. The van der Waals surface area contributed by atoms with Gasteiger partial charge in [-0.2, -0.15) is 8.42 Å². The summed E-state index contributed by atoms with van der Waals surface area (Å²) in [7, 11) is -4.21. The molecule has 0 atom stereocenters. The molecular weight excluding hydrogens is 271 g/mol. The van der Waals surface area contributed by atoms with E-state index < -0.39 is 10.1 Å². The van der Waals surface area contributed by atoms with Crippen molar-refractivity contribution in [3.05, 3.63) is 42.0 Å². The smallest absolute Gasteiger partial charge is 0.282 e. The fraction of sp³-hybridized carbons (Fsp3) is 0.286. The first-order valence-electron chi connectivity index (χ1n) is 5.87. The van der Waals surface area contributed by atoms with Gasteiger partial charge in [0.15, 0.2) is 0 Å². The summed E-state index contributed by atoms with van der Waals surface area (Å²) in [6.45, 7) is 4.03. The van der Waals surface area contributed by atoms with Crippen LogP contribution in [0.3, 0.4) is 0 Å². The van der Waals surface area contributed by atoms with Crippen LogP contribution >= 0.6 is 0 Å². The van der Waals surface area contributed by atoms with Gasteiger partial charge in [-0.25, -0.2) is 0 Å². The van der Waals surface area contributed by atoms with Crippen LogP contribution < -0.4 is 0 Å². The Balaban J connectivity index is 0.00000180. The third-order valence-corrected chi connectivity index (χ3v) is 3.85. The average molecular weight is 287 g/mol. The van der Waals surface area contributed by atoms with Gasteiger partial charge >= 0.3 is 0 Å². The number of rotatable bonds is 3. The van der Waals surface area contributed by atoms with E-state index in [1.54, 1.807) is 18.2 Å². The summed E-state index contributed by atoms with van der Waals surface area (Å²) < 4.78 is 32.7. The Bertz CT molecular complexity index is 678. The van der Waals surface area contributed by atoms with Gasteiger partial charge in [-0.05, 0) is 23.3 Å². The maximum absolute atomic E-state index is 11.6. The third-order valence-electron chi connectivity index (χ3n) is 2.85. The molecule has 0 aliphatic rings. The van der Waals surface area contributed by atoms with Gasteiger partial charge in [-0.15, -0.1) is 0 Å². The second-order valence-electron chi connectivity index (χ2n) is 4.85. The van der Waals surface area contributed by atoms with E-state index >= 15 is 0 Å². The summed E-state index contributed by atoms with van der Waals surface area (Å²) in [6, 6.07) is 10.9. The van der Waals surface area contributed by atoms with Gasteiger partial charge in [0.2, 0.25) is 0 Å². The molecule has 3 nitrogen and oxygen atoms in total. The SMILES string of the molecule is CC(C)Cc1ccc2ccccc2c1S(=O)(=O)O.[Na]. The molecule has 0 fully saturated rings. The first kappa shape index (κ1) is 16.7. The molecule has 5 heteroatoms. The van der Waals surface area contributed by atoms with Crippen LogP contribution in [0.2, 0.25) is 0 Å². The van der Waals surface area contributed by atoms with E-state index in [2.05, 4.69) is 0 Å². The normalized spacial score (nSPS) is 11.6. The zero-order valence-electron chi connectivity index (χ0n) is 11.4. The van der Waals surface area contributed by atoms with Gasteiger partial charge in [-0.3, -0.25) is 4.55 Å². The van der Waals surface area contributed by atoms with E-state index in [0.717, 1.165) is 5.39 Å². The van der Waals surface area contributed by atoms with Crippen LogP contribution in [-0.4, -0.2) is 42.5 Å². The van der Waals surface area contributed by atoms with Crippen LogP contribution in [0.25, 0.3) is 10.8 Å². The Labute approximate surface area is 136 Å². The molecule has 0 unspecified atom stereocenters. The third kappa shape index (κ3) is 3.80. The second kappa shape index (κ2) is 6.37. The Kier molecular flexibility index (Phi) is 5.59. The van der Waals surface area contributed by atoms with E-state index in [9.17, 15) is 13.0 Å². The van der Waals surface area contributed by atoms with Crippen molar-refractivity contribution in [2.45, 2.75) is 25.2 Å². The molecule has 0 aliphatic carbocycles. The first-order valence-corrected chi connectivity index (χ1v) is 7.31. The van der Waals surface area contributed by atoms with Crippen LogP contribution in [0.1, 0.15) is 19.4 Å². The molecule has 97 valence electrons. The minimum atomic E-state index is -4.21. The minimum absolute atomic E-state index is 0. The minimum Gasteiger partial charge on any atom is -0.282 e. The summed E-state index contributed by atoms with van der Waals surface area (Å²) >= 11 is 0. The monoisotopic (exact) mass is 287 g/mol. The molecule has 0 saturated heterocycles. The fourth-order valence-corrected chi connectivity index (χ4v) is 3.14. The average Bonchev–Trinajstić information content (AvgIpc) is 2.26. The topological polar surface area (TPSA) is 54.4 Å². The van der Waals surface area contributed by atoms with Gasteiger partial charge in [0.25, 0.3) is 10.1 Å². The van der Waals surface area contributed by atoms with E-state index in [0.29, 0.717) is 23.3 Å². The van der Waals surface area contributed by atoms with Crippen molar-refractivity contribution >= 4 is 50.4 Å². The molecule has 0 aliphatic heterocycles. The van der Waals surface area contributed by atoms with Crippen molar-refractivity contribution in [2.75, 3.05) is 0 Å². The summed E-state index contributed by atoms with van der Waals surface area (Å²) in [4.78, 5) is 0.0503. The predicted molar refractivity (Wildman–Crippen MR) is 78.1 cm³/mol. The quantitative estimate of drug-likeness (QED) is 0.697. The van der Waals surface area contributed by atoms with Crippen molar-refractivity contribution in [1.82, 2.24) is 0 Å². The van der Waals surface area contributed by atoms with Crippen molar-refractivity contribution in [1.29, 1.82) is 0 Å². The van der Waals surface area contributed by atoms with Gasteiger partial charge in [0, 0.05) is 34.9 Å². The molecule has 0 saturated carbocycles. The summed E-state index contributed by atoms with van der Waals surface area (Å²) in [5, 5.41) is 1.40. The Morgan fingerprint density at radius 1 is 1.11 bits per heavy atom. The van der Waals surface area contributed by atoms with E-state index in [4.69, 9.17) is 0 Å². The number of fused-ring (bicyclic) bond motifs is 1.